The van der Waals surface area contributed by atoms with Crippen molar-refractivity contribution in [1.82, 2.24) is 5.32 Å². The van der Waals surface area contributed by atoms with Crippen molar-refractivity contribution in [3.8, 4) is 11.5 Å². The Hall–Kier alpha value is -1.75. The van der Waals surface area contributed by atoms with E-state index in [0.717, 1.165) is 5.56 Å². The first kappa shape index (κ1) is 16.3. The number of carbonyl (C=O) groups is 1. The van der Waals surface area contributed by atoms with Crippen molar-refractivity contribution in [2.75, 3.05) is 27.3 Å². The maximum absolute atomic E-state index is 11.5. The number of ether oxygens (including phenoxy) is 2. The first-order valence-corrected chi connectivity index (χ1v) is 6.64. The van der Waals surface area contributed by atoms with Crippen molar-refractivity contribution in [2.45, 2.75) is 25.7 Å². The van der Waals surface area contributed by atoms with Crippen LogP contribution in [0.5, 0.6) is 11.5 Å². The normalized spacial score (nSPS) is 11.1. The van der Waals surface area contributed by atoms with E-state index in [1.54, 1.807) is 14.2 Å². The van der Waals surface area contributed by atoms with Gasteiger partial charge in [-0.1, -0.05) is 19.9 Å². The summed E-state index contributed by atoms with van der Waals surface area (Å²) in [4.78, 5) is 11.5. The van der Waals surface area contributed by atoms with E-state index < -0.39 is 0 Å². The number of rotatable bonds is 7. The highest BCUT2D eigenvalue weighted by Gasteiger charge is 2.22. The van der Waals surface area contributed by atoms with Gasteiger partial charge in [0.1, 0.15) is 0 Å². The van der Waals surface area contributed by atoms with Crippen LogP contribution in [-0.4, -0.2) is 33.2 Å². The zero-order chi connectivity index (χ0) is 15.2. The summed E-state index contributed by atoms with van der Waals surface area (Å²) in [5.74, 6) is 1.35. The largest absolute Gasteiger partial charge is 0.493 e. The van der Waals surface area contributed by atoms with E-state index in [-0.39, 0.29) is 11.3 Å². The van der Waals surface area contributed by atoms with Gasteiger partial charge in [0.2, 0.25) is 5.91 Å². The molecule has 112 valence electrons. The molecule has 0 spiro atoms. The van der Waals surface area contributed by atoms with Gasteiger partial charge in [0, 0.05) is 24.9 Å². The van der Waals surface area contributed by atoms with Crippen molar-refractivity contribution in [3.63, 3.8) is 0 Å². The van der Waals surface area contributed by atoms with Gasteiger partial charge in [0.05, 0.1) is 14.2 Å². The molecule has 0 radical (unpaired) electrons. The third-order valence-electron chi connectivity index (χ3n) is 3.26. The molecular formula is C15H24N2O3. The van der Waals surface area contributed by atoms with Gasteiger partial charge in [-0.15, -0.1) is 0 Å². The molecule has 0 atom stereocenters. The Kier molecular flexibility index (Phi) is 5.82. The van der Waals surface area contributed by atoms with Crippen molar-refractivity contribution in [2.24, 2.45) is 5.73 Å². The molecule has 1 aromatic carbocycles. The first-order valence-electron chi connectivity index (χ1n) is 6.64. The van der Waals surface area contributed by atoms with Crippen LogP contribution < -0.4 is 20.5 Å². The summed E-state index contributed by atoms with van der Waals surface area (Å²) < 4.78 is 10.5. The molecule has 0 aliphatic carbocycles. The van der Waals surface area contributed by atoms with E-state index >= 15 is 0 Å². The quantitative estimate of drug-likeness (QED) is 0.793. The molecule has 0 unspecified atom stereocenters. The van der Waals surface area contributed by atoms with Crippen LogP contribution >= 0.6 is 0 Å². The van der Waals surface area contributed by atoms with Gasteiger partial charge in [0.25, 0.3) is 0 Å². The molecule has 0 saturated heterocycles. The predicted molar refractivity (Wildman–Crippen MR) is 79.3 cm³/mol. The van der Waals surface area contributed by atoms with E-state index in [1.807, 2.05) is 18.2 Å². The summed E-state index contributed by atoms with van der Waals surface area (Å²) >= 11 is 0. The minimum atomic E-state index is -0.205. The molecule has 1 amide bonds. The van der Waals surface area contributed by atoms with Gasteiger partial charge < -0.3 is 20.5 Å². The van der Waals surface area contributed by atoms with Crippen molar-refractivity contribution >= 4 is 5.91 Å². The molecule has 1 aromatic rings. The number of nitrogens with two attached hydrogens (primary N) is 1. The van der Waals surface area contributed by atoms with Crippen LogP contribution in [-0.2, 0) is 10.2 Å². The third kappa shape index (κ3) is 4.13. The smallest absolute Gasteiger partial charge is 0.221 e. The lowest BCUT2D eigenvalue weighted by Crippen LogP contribution is -2.37. The summed E-state index contributed by atoms with van der Waals surface area (Å²) in [7, 11) is 3.22. The van der Waals surface area contributed by atoms with Crippen LogP contribution in [0.15, 0.2) is 18.2 Å². The highest BCUT2D eigenvalue weighted by atomic mass is 16.5. The van der Waals surface area contributed by atoms with Crippen LogP contribution in [0.3, 0.4) is 0 Å². The molecule has 5 heteroatoms. The minimum absolute atomic E-state index is 0.0268. The molecule has 3 N–H and O–H groups in total. The highest BCUT2D eigenvalue weighted by molar-refractivity contribution is 5.76. The van der Waals surface area contributed by atoms with Crippen LogP contribution in [0.1, 0.15) is 25.8 Å². The second-order valence-electron chi connectivity index (χ2n) is 5.27. The number of methoxy groups -OCH3 is 2. The lowest BCUT2D eigenvalue weighted by Gasteiger charge is -2.26. The Morgan fingerprint density at radius 1 is 1.25 bits per heavy atom. The number of hydrogen-bond acceptors (Lipinski definition) is 4. The maximum atomic E-state index is 11.5. The van der Waals surface area contributed by atoms with Crippen molar-refractivity contribution < 1.29 is 14.3 Å². The molecule has 5 nitrogen and oxygen atoms in total. The van der Waals surface area contributed by atoms with E-state index in [2.05, 4.69) is 19.2 Å². The topological polar surface area (TPSA) is 73.6 Å². The highest BCUT2D eigenvalue weighted by Crippen LogP contribution is 2.32. The maximum Gasteiger partial charge on any atom is 0.221 e. The molecule has 0 aromatic heterocycles. The van der Waals surface area contributed by atoms with Gasteiger partial charge in [0.15, 0.2) is 11.5 Å². The molecule has 0 bridgehead atoms. The number of carbonyl (C=O) groups excluding carboxylic acids is 1. The van der Waals surface area contributed by atoms with Crippen molar-refractivity contribution in [3.05, 3.63) is 23.8 Å². The van der Waals surface area contributed by atoms with Gasteiger partial charge >= 0.3 is 0 Å². The zero-order valence-electron chi connectivity index (χ0n) is 12.7. The average Bonchev–Trinajstić information content (AvgIpc) is 2.44. The van der Waals surface area contributed by atoms with E-state index in [1.165, 1.54) is 0 Å². The fourth-order valence-corrected chi connectivity index (χ4v) is 1.90. The molecule has 20 heavy (non-hydrogen) atoms. The second-order valence-corrected chi connectivity index (χ2v) is 5.27. The predicted octanol–water partition coefficient (Wildman–Crippen LogP) is 1.45. The van der Waals surface area contributed by atoms with Gasteiger partial charge in [-0.2, -0.15) is 0 Å². The Morgan fingerprint density at radius 3 is 2.45 bits per heavy atom. The summed E-state index contributed by atoms with van der Waals surface area (Å²) in [5.41, 5.74) is 6.23. The molecule has 0 saturated carbocycles. The number of amides is 1. The summed E-state index contributed by atoms with van der Waals surface area (Å²) in [6.07, 6.45) is 0.349. The van der Waals surface area contributed by atoms with Crippen LogP contribution in [0, 0.1) is 0 Å². The monoisotopic (exact) mass is 280 g/mol. The van der Waals surface area contributed by atoms with Crippen LogP contribution in [0.25, 0.3) is 0 Å². The lowest BCUT2D eigenvalue weighted by atomic mass is 9.84. The summed E-state index contributed by atoms with van der Waals surface area (Å²) in [6.45, 7) is 5.04. The average molecular weight is 280 g/mol. The Bertz CT molecular complexity index is 458. The van der Waals surface area contributed by atoms with Gasteiger partial charge in [-0.3, -0.25) is 4.79 Å². The second kappa shape index (κ2) is 7.14. The molecule has 0 fully saturated rings. The standard InChI is InChI=1S/C15H24N2O3/c1-15(2,10-17-14(18)7-8-16)11-5-6-12(19-3)13(9-11)20-4/h5-6,9H,7-8,10,16H2,1-4H3,(H,17,18). The number of hydrogen-bond donors (Lipinski definition) is 2. The van der Waals surface area contributed by atoms with Gasteiger partial charge in [-0.05, 0) is 17.7 Å². The third-order valence-corrected chi connectivity index (χ3v) is 3.26. The van der Waals surface area contributed by atoms with E-state index in [0.29, 0.717) is 31.0 Å². The molecule has 0 aliphatic rings. The fraction of sp³-hybridized carbons (Fsp3) is 0.533. The summed E-state index contributed by atoms with van der Waals surface area (Å²) in [6, 6.07) is 5.79. The fourth-order valence-electron chi connectivity index (χ4n) is 1.90. The van der Waals surface area contributed by atoms with Crippen molar-refractivity contribution in [1.29, 1.82) is 0 Å². The van der Waals surface area contributed by atoms with E-state index in [9.17, 15) is 4.79 Å². The molecule has 1 rings (SSSR count). The molecular weight excluding hydrogens is 256 g/mol. The minimum Gasteiger partial charge on any atom is -0.493 e. The number of nitrogens with one attached hydrogen (secondary N) is 1. The summed E-state index contributed by atoms with van der Waals surface area (Å²) in [5, 5.41) is 2.90. The Morgan fingerprint density at radius 2 is 1.90 bits per heavy atom. The Labute approximate surface area is 120 Å². The molecule has 0 heterocycles. The lowest BCUT2D eigenvalue weighted by molar-refractivity contribution is -0.121. The van der Waals surface area contributed by atoms with E-state index in [4.69, 9.17) is 15.2 Å². The zero-order valence-corrected chi connectivity index (χ0v) is 12.7. The number of benzene rings is 1. The molecule has 0 aliphatic heterocycles. The Balaban J connectivity index is 2.83. The SMILES string of the molecule is COc1ccc(C(C)(C)CNC(=O)CCN)cc1OC. The first-order chi connectivity index (χ1) is 9.44. The van der Waals surface area contributed by atoms with Crippen LogP contribution in [0.4, 0.5) is 0 Å². The van der Waals surface area contributed by atoms with Gasteiger partial charge in [-0.25, -0.2) is 0 Å². The van der Waals surface area contributed by atoms with Crippen LogP contribution in [0.2, 0.25) is 0 Å².